The molecule has 27 heavy (non-hydrogen) atoms. The molecule has 5 nitrogen and oxygen atoms in total. The van der Waals surface area contributed by atoms with E-state index in [0.29, 0.717) is 34.2 Å². The summed E-state index contributed by atoms with van der Waals surface area (Å²) in [5.74, 6) is 2.09. The zero-order valence-electron chi connectivity index (χ0n) is 14.9. The van der Waals surface area contributed by atoms with E-state index in [1.54, 1.807) is 38.5 Å². The monoisotopic (exact) mass is 475 g/mol. The van der Waals surface area contributed by atoms with E-state index < -0.39 is 0 Å². The number of hydrogen-bond acceptors (Lipinski definition) is 4. The molecular weight excluding hydrogens is 457 g/mol. The van der Waals surface area contributed by atoms with Gasteiger partial charge in [-0.05, 0) is 59.0 Å². The third-order valence-corrected chi connectivity index (χ3v) is 4.60. The fraction of sp³-hybridized carbons (Fsp3) is 0.0952. The molecule has 0 heterocycles. The van der Waals surface area contributed by atoms with Gasteiger partial charge >= 0.3 is 0 Å². The molecule has 6 heteroatoms. The number of hydrogen-bond donors (Lipinski definition) is 1. The Morgan fingerprint density at radius 1 is 0.889 bits per heavy atom. The van der Waals surface area contributed by atoms with Crippen molar-refractivity contribution < 1.29 is 19.0 Å². The lowest BCUT2D eigenvalue weighted by molar-refractivity contribution is 0.102. The van der Waals surface area contributed by atoms with E-state index >= 15 is 0 Å². The molecule has 0 aliphatic carbocycles. The molecule has 0 aliphatic rings. The van der Waals surface area contributed by atoms with Gasteiger partial charge in [-0.25, -0.2) is 0 Å². The summed E-state index contributed by atoms with van der Waals surface area (Å²) in [6.45, 7) is 0. The number of nitrogens with one attached hydrogen (secondary N) is 1. The van der Waals surface area contributed by atoms with E-state index in [9.17, 15) is 4.79 Å². The highest BCUT2D eigenvalue weighted by molar-refractivity contribution is 14.1. The fourth-order valence-corrected chi connectivity index (χ4v) is 3.34. The van der Waals surface area contributed by atoms with E-state index in [1.165, 1.54) is 0 Å². The second kappa shape index (κ2) is 8.77. The summed E-state index contributed by atoms with van der Waals surface area (Å²) >= 11 is 2.11. The van der Waals surface area contributed by atoms with E-state index in [-0.39, 0.29) is 5.91 Å². The maximum atomic E-state index is 12.8. The Morgan fingerprint density at radius 3 is 2.30 bits per heavy atom. The van der Waals surface area contributed by atoms with Crippen LogP contribution in [-0.4, -0.2) is 20.1 Å². The molecule has 3 rings (SSSR count). The Hall–Kier alpha value is -2.74. The number of rotatable bonds is 6. The van der Waals surface area contributed by atoms with Gasteiger partial charge < -0.3 is 19.5 Å². The number of benzene rings is 3. The Bertz CT molecular complexity index is 944. The van der Waals surface area contributed by atoms with Crippen LogP contribution in [0.5, 0.6) is 23.0 Å². The standard InChI is InChI=1S/C21H18INO4/c1-25-19-13-14(12-16(22)20(19)26-2)21(24)23-17-10-6-7-11-18(17)27-15-8-4-3-5-9-15/h3-13H,1-2H3,(H,23,24). The number of methoxy groups -OCH3 is 2. The lowest BCUT2D eigenvalue weighted by Gasteiger charge is -2.14. The average molecular weight is 475 g/mol. The van der Waals surface area contributed by atoms with Crippen molar-refractivity contribution in [3.05, 3.63) is 75.9 Å². The molecule has 0 aliphatic heterocycles. The third-order valence-electron chi connectivity index (χ3n) is 3.80. The largest absolute Gasteiger partial charge is 0.493 e. The lowest BCUT2D eigenvalue weighted by atomic mass is 10.1. The second-order valence-corrected chi connectivity index (χ2v) is 6.72. The number of ether oxygens (including phenoxy) is 3. The van der Waals surface area contributed by atoms with Crippen molar-refractivity contribution in [2.24, 2.45) is 0 Å². The van der Waals surface area contributed by atoms with Crippen molar-refractivity contribution in [3.63, 3.8) is 0 Å². The van der Waals surface area contributed by atoms with Crippen LogP contribution in [0.2, 0.25) is 0 Å². The van der Waals surface area contributed by atoms with Crippen LogP contribution in [0, 0.1) is 3.57 Å². The predicted octanol–water partition coefficient (Wildman–Crippen LogP) is 5.35. The van der Waals surface area contributed by atoms with Crippen LogP contribution in [0.4, 0.5) is 5.69 Å². The van der Waals surface area contributed by atoms with Crippen LogP contribution in [-0.2, 0) is 0 Å². The van der Waals surface area contributed by atoms with Gasteiger partial charge in [-0.3, -0.25) is 4.79 Å². The minimum Gasteiger partial charge on any atom is -0.493 e. The molecular formula is C21H18INO4. The summed E-state index contributed by atoms with van der Waals surface area (Å²) in [4.78, 5) is 12.8. The van der Waals surface area contributed by atoms with Gasteiger partial charge in [0, 0.05) is 5.56 Å². The summed E-state index contributed by atoms with van der Waals surface area (Å²) in [5.41, 5.74) is 1.04. The molecule has 0 saturated carbocycles. The summed E-state index contributed by atoms with van der Waals surface area (Å²) < 4.78 is 17.3. The topological polar surface area (TPSA) is 56.8 Å². The second-order valence-electron chi connectivity index (χ2n) is 5.56. The van der Waals surface area contributed by atoms with Crippen molar-refractivity contribution in [1.29, 1.82) is 0 Å². The molecule has 0 bridgehead atoms. The van der Waals surface area contributed by atoms with Gasteiger partial charge in [0.15, 0.2) is 17.2 Å². The van der Waals surface area contributed by atoms with Crippen molar-refractivity contribution in [2.45, 2.75) is 0 Å². The van der Waals surface area contributed by atoms with Crippen LogP contribution in [0.3, 0.4) is 0 Å². The van der Waals surface area contributed by atoms with Crippen LogP contribution in [0.15, 0.2) is 66.7 Å². The number of amides is 1. The normalized spacial score (nSPS) is 10.2. The zero-order chi connectivity index (χ0) is 19.2. The Kier molecular flexibility index (Phi) is 6.18. The first-order valence-electron chi connectivity index (χ1n) is 8.17. The van der Waals surface area contributed by atoms with Gasteiger partial charge in [0.05, 0.1) is 23.5 Å². The Morgan fingerprint density at radius 2 is 1.59 bits per heavy atom. The van der Waals surface area contributed by atoms with Gasteiger partial charge in [-0.1, -0.05) is 30.3 Å². The van der Waals surface area contributed by atoms with Gasteiger partial charge in [0.2, 0.25) is 0 Å². The van der Waals surface area contributed by atoms with E-state index in [2.05, 4.69) is 27.9 Å². The first-order chi connectivity index (χ1) is 13.1. The Balaban J connectivity index is 1.86. The van der Waals surface area contributed by atoms with Crippen LogP contribution < -0.4 is 19.5 Å². The molecule has 0 unspecified atom stereocenters. The van der Waals surface area contributed by atoms with Gasteiger partial charge in [0.25, 0.3) is 5.91 Å². The lowest BCUT2D eigenvalue weighted by Crippen LogP contribution is -2.13. The molecule has 138 valence electrons. The van der Waals surface area contributed by atoms with Gasteiger partial charge in [-0.2, -0.15) is 0 Å². The molecule has 1 amide bonds. The van der Waals surface area contributed by atoms with Crippen molar-refractivity contribution in [3.8, 4) is 23.0 Å². The fourth-order valence-electron chi connectivity index (χ4n) is 2.52. The SMILES string of the molecule is COc1cc(C(=O)Nc2ccccc2Oc2ccccc2)cc(I)c1OC. The number of carbonyl (C=O) groups is 1. The highest BCUT2D eigenvalue weighted by Gasteiger charge is 2.16. The predicted molar refractivity (Wildman–Crippen MR) is 113 cm³/mol. The van der Waals surface area contributed by atoms with Crippen molar-refractivity contribution in [1.82, 2.24) is 0 Å². The first kappa shape index (κ1) is 19.0. The average Bonchev–Trinajstić information content (AvgIpc) is 2.69. The van der Waals surface area contributed by atoms with Crippen molar-refractivity contribution >= 4 is 34.2 Å². The molecule has 0 radical (unpaired) electrons. The summed E-state index contributed by atoms with van der Waals surface area (Å²) in [5, 5.41) is 2.90. The van der Waals surface area contributed by atoms with Crippen LogP contribution in [0.1, 0.15) is 10.4 Å². The zero-order valence-corrected chi connectivity index (χ0v) is 17.0. The van der Waals surface area contributed by atoms with E-state index in [4.69, 9.17) is 14.2 Å². The first-order valence-corrected chi connectivity index (χ1v) is 9.25. The quantitative estimate of drug-likeness (QED) is 0.489. The molecule has 0 spiro atoms. The third kappa shape index (κ3) is 4.51. The smallest absolute Gasteiger partial charge is 0.255 e. The molecule has 3 aromatic rings. The highest BCUT2D eigenvalue weighted by Crippen LogP contribution is 2.34. The Labute approximate surface area is 171 Å². The minimum atomic E-state index is -0.266. The number of carbonyl (C=O) groups excluding carboxylic acids is 1. The summed E-state index contributed by atoms with van der Waals surface area (Å²) in [7, 11) is 3.11. The maximum absolute atomic E-state index is 12.8. The molecule has 0 saturated heterocycles. The van der Waals surface area contributed by atoms with Crippen LogP contribution >= 0.6 is 22.6 Å². The van der Waals surface area contributed by atoms with E-state index in [1.807, 2.05) is 42.5 Å². The molecule has 0 fully saturated rings. The highest BCUT2D eigenvalue weighted by atomic mass is 127. The number of para-hydroxylation sites is 3. The number of halogens is 1. The molecule has 0 aromatic heterocycles. The molecule has 3 aromatic carbocycles. The van der Waals surface area contributed by atoms with Crippen LogP contribution in [0.25, 0.3) is 0 Å². The van der Waals surface area contributed by atoms with Gasteiger partial charge in [0.1, 0.15) is 5.75 Å². The van der Waals surface area contributed by atoms with Gasteiger partial charge in [-0.15, -0.1) is 0 Å². The number of anilines is 1. The molecule has 1 N–H and O–H groups in total. The maximum Gasteiger partial charge on any atom is 0.255 e. The van der Waals surface area contributed by atoms with E-state index in [0.717, 1.165) is 3.57 Å². The summed E-state index contributed by atoms with van der Waals surface area (Å²) in [6, 6.07) is 20.1. The minimum absolute atomic E-state index is 0.266. The van der Waals surface area contributed by atoms with Crippen molar-refractivity contribution in [2.75, 3.05) is 19.5 Å². The molecule has 0 atom stereocenters. The summed E-state index contributed by atoms with van der Waals surface area (Å²) in [6.07, 6.45) is 0.